The van der Waals surface area contributed by atoms with E-state index in [1.54, 1.807) is 6.07 Å². The molecule has 92 valence electrons. The quantitative estimate of drug-likeness (QED) is 0.358. The standard InChI is InChI=1S/C12H16N2O3/c1-8-6-9(12(13)14-15)2-3-11(8)17-10-4-5-16-7-10/h2-3,6,10,15H,4-5,7H2,1H3,(H2,13,14)/t10-/m0/s1. The van der Waals surface area contributed by atoms with E-state index in [1.807, 2.05) is 19.1 Å². The minimum Gasteiger partial charge on any atom is -0.488 e. The molecule has 1 aliphatic heterocycles. The molecule has 0 spiro atoms. The molecular formula is C12H16N2O3. The highest BCUT2D eigenvalue weighted by Crippen LogP contribution is 2.22. The van der Waals surface area contributed by atoms with Crippen LogP contribution in [0, 0.1) is 6.92 Å². The van der Waals surface area contributed by atoms with Gasteiger partial charge in [0.05, 0.1) is 13.2 Å². The molecule has 1 aromatic carbocycles. The molecule has 0 unspecified atom stereocenters. The van der Waals surface area contributed by atoms with Crippen LogP contribution >= 0.6 is 0 Å². The number of amidine groups is 1. The molecule has 0 saturated carbocycles. The Bertz CT molecular complexity index is 426. The van der Waals surface area contributed by atoms with Crippen LogP contribution in [0.25, 0.3) is 0 Å². The fourth-order valence-corrected chi connectivity index (χ4v) is 1.78. The van der Waals surface area contributed by atoms with Gasteiger partial charge in [-0.05, 0) is 30.7 Å². The lowest BCUT2D eigenvalue weighted by Crippen LogP contribution is -2.17. The predicted octanol–water partition coefficient (Wildman–Crippen LogP) is 1.26. The van der Waals surface area contributed by atoms with E-state index in [0.717, 1.165) is 24.3 Å². The molecule has 5 heteroatoms. The Morgan fingerprint density at radius 1 is 1.59 bits per heavy atom. The van der Waals surface area contributed by atoms with Gasteiger partial charge in [0, 0.05) is 12.0 Å². The molecular weight excluding hydrogens is 220 g/mol. The van der Waals surface area contributed by atoms with E-state index in [1.165, 1.54) is 0 Å². The maximum absolute atomic E-state index is 8.59. The topological polar surface area (TPSA) is 77.1 Å². The molecule has 2 rings (SSSR count). The van der Waals surface area contributed by atoms with Crippen LogP contribution < -0.4 is 10.5 Å². The maximum Gasteiger partial charge on any atom is 0.170 e. The van der Waals surface area contributed by atoms with Gasteiger partial charge in [0.1, 0.15) is 11.9 Å². The molecule has 0 bridgehead atoms. The van der Waals surface area contributed by atoms with Gasteiger partial charge < -0.3 is 20.4 Å². The van der Waals surface area contributed by atoms with Crippen LogP contribution in [0.4, 0.5) is 0 Å². The molecule has 1 aromatic rings. The van der Waals surface area contributed by atoms with Crippen LogP contribution in [0.1, 0.15) is 17.5 Å². The minimum atomic E-state index is 0.101. The van der Waals surface area contributed by atoms with Gasteiger partial charge in [0.2, 0.25) is 0 Å². The fraction of sp³-hybridized carbons (Fsp3) is 0.417. The number of oxime groups is 1. The first-order valence-corrected chi connectivity index (χ1v) is 5.53. The van der Waals surface area contributed by atoms with Crippen molar-refractivity contribution in [2.45, 2.75) is 19.4 Å². The number of hydrogen-bond acceptors (Lipinski definition) is 4. The molecule has 1 aliphatic rings. The maximum atomic E-state index is 8.59. The first kappa shape index (κ1) is 11.7. The van der Waals surface area contributed by atoms with E-state index in [9.17, 15) is 0 Å². The third-order valence-corrected chi connectivity index (χ3v) is 2.76. The molecule has 1 atom stereocenters. The third kappa shape index (κ3) is 2.68. The average Bonchev–Trinajstić information content (AvgIpc) is 2.83. The molecule has 3 N–H and O–H groups in total. The van der Waals surface area contributed by atoms with Crippen molar-refractivity contribution in [1.82, 2.24) is 0 Å². The van der Waals surface area contributed by atoms with Crippen LogP contribution in [-0.2, 0) is 4.74 Å². The predicted molar refractivity (Wildman–Crippen MR) is 63.5 cm³/mol. The Balaban J connectivity index is 2.13. The van der Waals surface area contributed by atoms with Crippen molar-refractivity contribution in [2.24, 2.45) is 10.9 Å². The van der Waals surface area contributed by atoms with Crippen molar-refractivity contribution in [3.63, 3.8) is 0 Å². The average molecular weight is 236 g/mol. The van der Waals surface area contributed by atoms with E-state index in [-0.39, 0.29) is 11.9 Å². The summed E-state index contributed by atoms with van der Waals surface area (Å²) in [7, 11) is 0. The van der Waals surface area contributed by atoms with Crippen LogP contribution in [0.2, 0.25) is 0 Å². The summed E-state index contributed by atoms with van der Waals surface area (Å²) in [4.78, 5) is 0. The normalized spacial score (nSPS) is 20.5. The number of rotatable bonds is 3. The minimum absolute atomic E-state index is 0.101. The zero-order valence-electron chi connectivity index (χ0n) is 9.72. The van der Waals surface area contributed by atoms with E-state index >= 15 is 0 Å². The van der Waals surface area contributed by atoms with Crippen molar-refractivity contribution in [1.29, 1.82) is 0 Å². The molecule has 5 nitrogen and oxygen atoms in total. The van der Waals surface area contributed by atoms with E-state index < -0.39 is 0 Å². The summed E-state index contributed by atoms with van der Waals surface area (Å²) >= 11 is 0. The monoisotopic (exact) mass is 236 g/mol. The second-order valence-corrected chi connectivity index (χ2v) is 4.07. The van der Waals surface area contributed by atoms with Crippen LogP contribution in [-0.4, -0.2) is 30.4 Å². The van der Waals surface area contributed by atoms with Gasteiger partial charge in [-0.3, -0.25) is 0 Å². The molecule has 1 heterocycles. The summed E-state index contributed by atoms with van der Waals surface area (Å²) in [6.45, 7) is 3.33. The van der Waals surface area contributed by atoms with Gasteiger partial charge in [-0.2, -0.15) is 0 Å². The molecule has 1 fully saturated rings. The van der Waals surface area contributed by atoms with Gasteiger partial charge in [0.15, 0.2) is 5.84 Å². The molecule has 17 heavy (non-hydrogen) atoms. The summed E-state index contributed by atoms with van der Waals surface area (Å²) in [5, 5.41) is 11.6. The van der Waals surface area contributed by atoms with Gasteiger partial charge >= 0.3 is 0 Å². The lowest BCUT2D eigenvalue weighted by atomic mass is 10.1. The number of ether oxygens (including phenoxy) is 2. The molecule has 1 saturated heterocycles. The second kappa shape index (κ2) is 5.05. The summed E-state index contributed by atoms with van der Waals surface area (Å²) < 4.78 is 11.1. The highest BCUT2D eigenvalue weighted by molar-refractivity contribution is 5.97. The lowest BCUT2D eigenvalue weighted by Gasteiger charge is -2.14. The van der Waals surface area contributed by atoms with Crippen molar-refractivity contribution < 1.29 is 14.7 Å². The molecule has 0 radical (unpaired) electrons. The van der Waals surface area contributed by atoms with E-state index in [2.05, 4.69) is 5.16 Å². The van der Waals surface area contributed by atoms with E-state index in [4.69, 9.17) is 20.4 Å². The van der Waals surface area contributed by atoms with Crippen LogP contribution in [0.15, 0.2) is 23.4 Å². The van der Waals surface area contributed by atoms with Crippen LogP contribution in [0.3, 0.4) is 0 Å². The summed E-state index contributed by atoms with van der Waals surface area (Å²) in [5.74, 6) is 0.916. The van der Waals surface area contributed by atoms with Gasteiger partial charge in [-0.15, -0.1) is 0 Å². The molecule has 0 amide bonds. The fourth-order valence-electron chi connectivity index (χ4n) is 1.78. The Kier molecular flexibility index (Phi) is 3.49. The Morgan fingerprint density at radius 3 is 3.00 bits per heavy atom. The van der Waals surface area contributed by atoms with E-state index in [0.29, 0.717) is 12.2 Å². The van der Waals surface area contributed by atoms with Gasteiger partial charge in [-0.25, -0.2) is 0 Å². The van der Waals surface area contributed by atoms with Gasteiger partial charge in [-0.1, -0.05) is 5.16 Å². The first-order valence-electron chi connectivity index (χ1n) is 5.53. The lowest BCUT2D eigenvalue weighted by molar-refractivity contribution is 0.141. The Morgan fingerprint density at radius 2 is 2.41 bits per heavy atom. The smallest absolute Gasteiger partial charge is 0.170 e. The number of aryl methyl sites for hydroxylation is 1. The zero-order chi connectivity index (χ0) is 12.3. The summed E-state index contributed by atoms with van der Waals surface area (Å²) in [6.07, 6.45) is 1.05. The highest BCUT2D eigenvalue weighted by Gasteiger charge is 2.18. The third-order valence-electron chi connectivity index (χ3n) is 2.76. The summed E-state index contributed by atoms with van der Waals surface area (Å²) in [5.41, 5.74) is 7.16. The molecule has 0 aromatic heterocycles. The van der Waals surface area contributed by atoms with Crippen LogP contribution in [0.5, 0.6) is 5.75 Å². The largest absolute Gasteiger partial charge is 0.488 e. The number of hydrogen-bond donors (Lipinski definition) is 2. The number of nitrogens with zero attached hydrogens (tertiary/aromatic N) is 1. The van der Waals surface area contributed by atoms with Crippen molar-refractivity contribution in [3.05, 3.63) is 29.3 Å². The Hall–Kier alpha value is -1.75. The van der Waals surface area contributed by atoms with Crippen molar-refractivity contribution in [3.8, 4) is 5.75 Å². The number of nitrogens with two attached hydrogens (primary N) is 1. The first-order chi connectivity index (χ1) is 8.20. The Labute approximate surface area is 99.8 Å². The van der Waals surface area contributed by atoms with Gasteiger partial charge in [0.25, 0.3) is 0 Å². The number of benzene rings is 1. The highest BCUT2D eigenvalue weighted by atomic mass is 16.5. The summed E-state index contributed by atoms with van der Waals surface area (Å²) in [6, 6.07) is 5.44. The molecule has 0 aliphatic carbocycles. The van der Waals surface area contributed by atoms with Crippen molar-refractivity contribution in [2.75, 3.05) is 13.2 Å². The SMILES string of the molecule is Cc1cc(/C(N)=N/O)ccc1O[C@H]1CCOC1. The zero-order valence-corrected chi connectivity index (χ0v) is 9.72. The second-order valence-electron chi connectivity index (χ2n) is 4.07. The van der Waals surface area contributed by atoms with Crippen molar-refractivity contribution >= 4 is 5.84 Å².